The maximum atomic E-state index is 14.8. The van der Waals surface area contributed by atoms with Gasteiger partial charge in [0.25, 0.3) is 0 Å². The number of aromatic carboxylic acids is 4. The van der Waals surface area contributed by atoms with Gasteiger partial charge in [0.2, 0.25) is 5.41 Å². The Balaban J connectivity index is 1.83. The van der Waals surface area contributed by atoms with Crippen LogP contribution in [0.1, 0.15) is 52.6 Å². The minimum Gasteiger partial charge on any atom is -0.478 e. The zero-order valence-electron chi connectivity index (χ0n) is 23.1. The summed E-state index contributed by atoms with van der Waals surface area (Å²) in [4.78, 5) is 45.6. The molecule has 0 radical (unpaired) electrons. The maximum Gasteiger partial charge on any atom is 0.411 e. The molecule has 4 N–H and O–H groups in total. The fourth-order valence-electron chi connectivity index (χ4n) is 4.74. The zero-order chi connectivity index (χ0) is 34.9. The summed E-state index contributed by atoms with van der Waals surface area (Å²) < 4.78 is 99.8. The third kappa shape index (κ3) is 6.51. The molecule has 0 saturated heterocycles. The number of carbonyl (C=O) groups is 4. The summed E-state index contributed by atoms with van der Waals surface area (Å²) in [6, 6.07) is 10.7. The lowest BCUT2D eigenvalue weighted by atomic mass is 9.73. The van der Waals surface area contributed by atoms with E-state index in [-0.39, 0.29) is 0 Å². The lowest BCUT2D eigenvalue weighted by Gasteiger charge is -2.38. The van der Waals surface area contributed by atoms with Gasteiger partial charge in [-0.3, -0.25) is 0 Å². The molecule has 0 unspecified atom stereocenters. The molecular weight excluding hydrogens is 646 g/mol. The van der Waals surface area contributed by atoms with Crippen LogP contribution in [0.5, 0.6) is 23.0 Å². The second kappa shape index (κ2) is 12.4. The Hall–Kier alpha value is -6.06. The summed E-state index contributed by atoms with van der Waals surface area (Å²) in [6.45, 7) is 0. The molecule has 47 heavy (non-hydrogen) atoms. The minimum atomic E-state index is -6.05. The molecule has 0 atom stereocenters. The third-order valence-electron chi connectivity index (χ3n) is 6.76. The Bertz CT molecular complexity index is 1760. The van der Waals surface area contributed by atoms with Crippen LogP contribution in [0.15, 0.2) is 84.9 Å². The molecule has 0 aliphatic rings. The van der Waals surface area contributed by atoms with Gasteiger partial charge in [0.15, 0.2) is 0 Å². The van der Waals surface area contributed by atoms with Gasteiger partial charge in [-0.25, -0.2) is 19.2 Å². The molecular formula is C31H18F6O10. The van der Waals surface area contributed by atoms with Crippen molar-refractivity contribution in [1.82, 2.24) is 0 Å². The fraction of sp³-hybridized carbons (Fsp3) is 0.0968. The van der Waals surface area contributed by atoms with Gasteiger partial charge in [-0.15, -0.1) is 0 Å². The number of halogens is 6. The van der Waals surface area contributed by atoms with E-state index in [2.05, 4.69) is 0 Å². The number of ether oxygens (including phenoxy) is 2. The summed E-state index contributed by atoms with van der Waals surface area (Å²) in [5.74, 6) is -8.58. The quantitative estimate of drug-likeness (QED) is 0.125. The van der Waals surface area contributed by atoms with E-state index in [0.717, 1.165) is 60.7 Å². The van der Waals surface area contributed by atoms with Crippen LogP contribution in [0.3, 0.4) is 0 Å². The average molecular weight is 664 g/mol. The second-order valence-electron chi connectivity index (χ2n) is 9.64. The molecule has 0 fully saturated rings. The molecule has 0 bridgehead atoms. The van der Waals surface area contributed by atoms with E-state index in [1.54, 1.807) is 0 Å². The van der Waals surface area contributed by atoms with Crippen molar-refractivity contribution >= 4 is 23.9 Å². The Morgan fingerprint density at radius 1 is 0.447 bits per heavy atom. The standard InChI is InChI=1S/C31H18F6O10/c32-30(33,34)29(31(35,36)37,15-3-1-5-17(11-15)46-19-7-9-21(25(38)39)23(13-19)27(42)43)16-4-2-6-18(12-16)47-20-8-10-22(26(40)41)24(14-20)28(44)45/h1-14H,(H,38,39)(H,40,41)(H,42,43)(H,44,45). The van der Waals surface area contributed by atoms with Gasteiger partial charge in [0.05, 0.1) is 22.3 Å². The Morgan fingerprint density at radius 3 is 1.06 bits per heavy atom. The fourth-order valence-corrected chi connectivity index (χ4v) is 4.74. The first-order chi connectivity index (χ1) is 21.9. The van der Waals surface area contributed by atoms with Crippen molar-refractivity contribution in [2.45, 2.75) is 17.8 Å². The summed E-state index contributed by atoms with van der Waals surface area (Å²) in [7, 11) is 0. The number of benzene rings is 4. The van der Waals surface area contributed by atoms with Crippen molar-refractivity contribution in [2.24, 2.45) is 0 Å². The first kappa shape index (κ1) is 33.8. The molecule has 0 saturated carbocycles. The summed E-state index contributed by atoms with van der Waals surface area (Å²) in [5, 5.41) is 37.0. The smallest absolute Gasteiger partial charge is 0.411 e. The molecule has 10 nitrogen and oxygen atoms in total. The topological polar surface area (TPSA) is 168 Å². The van der Waals surface area contributed by atoms with Crippen molar-refractivity contribution < 1.29 is 75.4 Å². The predicted octanol–water partition coefficient (Wildman–Crippen LogP) is 7.47. The van der Waals surface area contributed by atoms with E-state index in [1.807, 2.05) is 0 Å². The summed E-state index contributed by atoms with van der Waals surface area (Å²) in [5.41, 5.74) is -10.3. The van der Waals surface area contributed by atoms with Gasteiger partial charge in [0.1, 0.15) is 23.0 Å². The van der Waals surface area contributed by atoms with E-state index in [9.17, 15) is 65.9 Å². The molecule has 4 rings (SSSR count). The number of rotatable bonds is 10. The number of carboxylic acid groups (broad SMARTS) is 4. The highest BCUT2D eigenvalue weighted by Gasteiger charge is 2.72. The van der Waals surface area contributed by atoms with Crippen molar-refractivity contribution in [3.63, 3.8) is 0 Å². The monoisotopic (exact) mass is 664 g/mol. The van der Waals surface area contributed by atoms with Gasteiger partial charge in [-0.1, -0.05) is 24.3 Å². The second-order valence-corrected chi connectivity index (χ2v) is 9.64. The van der Waals surface area contributed by atoms with Crippen molar-refractivity contribution in [1.29, 1.82) is 0 Å². The van der Waals surface area contributed by atoms with E-state index in [1.165, 1.54) is 0 Å². The van der Waals surface area contributed by atoms with Crippen LogP contribution < -0.4 is 9.47 Å². The molecule has 0 amide bonds. The van der Waals surface area contributed by atoms with Crippen molar-refractivity contribution in [2.75, 3.05) is 0 Å². The Morgan fingerprint density at radius 2 is 0.766 bits per heavy atom. The van der Waals surface area contributed by atoms with Gasteiger partial charge in [0, 0.05) is 0 Å². The lowest BCUT2D eigenvalue weighted by molar-refractivity contribution is -0.288. The van der Waals surface area contributed by atoms with Crippen LogP contribution in [-0.2, 0) is 5.41 Å². The largest absolute Gasteiger partial charge is 0.478 e. The summed E-state index contributed by atoms with van der Waals surface area (Å²) >= 11 is 0. The van der Waals surface area contributed by atoms with E-state index >= 15 is 0 Å². The highest BCUT2D eigenvalue weighted by molar-refractivity contribution is 6.02. The van der Waals surface area contributed by atoms with Gasteiger partial charge in [-0.2, -0.15) is 26.3 Å². The summed E-state index contributed by atoms with van der Waals surface area (Å²) in [6.07, 6.45) is -12.1. The number of alkyl halides is 6. The van der Waals surface area contributed by atoms with Crippen LogP contribution in [-0.4, -0.2) is 56.7 Å². The molecule has 4 aromatic carbocycles. The Kier molecular flexibility index (Phi) is 8.91. The SMILES string of the molecule is O=C(O)c1ccc(Oc2cccc(C(c3cccc(Oc4ccc(C(=O)O)c(C(=O)O)c4)c3)(C(F)(F)F)C(F)(F)F)c2)cc1C(=O)O. The molecule has 0 aliphatic heterocycles. The van der Waals surface area contributed by atoms with Crippen LogP contribution in [0.25, 0.3) is 0 Å². The van der Waals surface area contributed by atoms with Crippen LogP contribution in [0.4, 0.5) is 26.3 Å². The predicted molar refractivity (Wildman–Crippen MR) is 147 cm³/mol. The normalized spacial score (nSPS) is 11.9. The molecule has 4 aromatic rings. The molecule has 0 heterocycles. The van der Waals surface area contributed by atoms with Gasteiger partial charge < -0.3 is 29.9 Å². The number of carboxylic acids is 4. The molecule has 0 aromatic heterocycles. The Labute approximate surface area is 258 Å². The van der Waals surface area contributed by atoms with Gasteiger partial charge >= 0.3 is 36.2 Å². The molecule has 0 aliphatic carbocycles. The molecule has 244 valence electrons. The maximum absolute atomic E-state index is 14.8. The molecule has 16 heteroatoms. The number of hydrogen-bond donors (Lipinski definition) is 4. The van der Waals surface area contributed by atoms with Crippen molar-refractivity contribution in [3.05, 3.63) is 118 Å². The van der Waals surface area contributed by atoms with Crippen molar-refractivity contribution in [3.8, 4) is 23.0 Å². The first-order valence-corrected chi connectivity index (χ1v) is 12.8. The van der Waals surface area contributed by atoms with E-state index < -0.39 is 98.0 Å². The minimum absolute atomic E-state index is 0.404. The zero-order valence-corrected chi connectivity index (χ0v) is 23.1. The van der Waals surface area contributed by atoms with Crippen LogP contribution in [0.2, 0.25) is 0 Å². The average Bonchev–Trinajstić information content (AvgIpc) is 2.96. The first-order valence-electron chi connectivity index (χ1n) is 12.8. The third-order valence-corrected chi connectivity index (χ3v) is 6.76. The highest BCUT2D eigenvalue weighted by atomic mass is 19.4. The highest BCUT2D eigenvalue weighted by Crippen LogP contribution is 2.57. The van der Waals surface area contributed by atoms with E-state index in [4.69, 9.17) is 9.47 Å². The lowest BCUT2D eigenvalue weighted by Crippen LogP contribution is -2.54. The number of hydrogen-bond acceptors (Lipinski definition) is 6. The van der Waals surface area contributed by atoms with Crippen LogP contribution >= 0.6 is 0 Å². The molecule has 0 spiro atoms. The van der Waals surface area contributed by atoms with E-state index in [0.29, 0.717) is 24.3 Å². The van der Waals surface area contributed by atoms with Gasteiger partial charge in [-0.05, 0) is 71.8 Å². The van der Waals surface area contributed by atoms with Crippen LogP contribution in [0, 0.1) is 0 Å².